The van der Waals surface area contributed by atoms with Crippen LogP contribution in [0.2, 0.25) is 0 Å². The van der Waals surface area contributed by atoms with Crippen LogP contribution in [0, 0.1) is 16.9 Å². The first-order valence-corrected chi connectivity index (χ1v) is 9.73. The van der Waals surface area contributed by atoms with Crippen molar-refractivity contribution in [1.82, 2.24) is 20.1 Å². The fraction of sp³-hybridized carbons (Fsp3) is 0.600. The number of pyridine rings is 1. The van der Waals surface area contributed by atoms with E-state index >= 15 is 0 Å². The van der Waals surface area contributed by atoms with Crippen molar-refractivity contribution < 1.29 is 18.4 Å². The van der Waals surface area contributed by atoms with Crippen LogP contribution in [0.25, 0.3) is 0 Å². The number of halogens is 2. The van der Waals surface area contributed by atoms with Crippen molar-refractivity contribution in [3.05, 3.63) is 30.1 Å². The monoisotopic (exact) mass is 405 g/mol. The molecule has 1 aromatic rings. The number of likely N-dealkylation sites (tertiary alicyclic amines) is 1. The van der Waals surface area contributed by atoms with Crippen molar-refractivity contribution in [2.24, 2.45) is 5.41 Å². The molecular formula is C20H25F2N5O2. The number of hydrogen-bond donors (Lipinski definition) is 1. The summed E-state index contributed by atoms with van der Waals surface area (Å²) in [5.74, 6) is -4.12. The first kappa shape index (κ1) is 21.0. The fourth-order valence-corrected chi connectivity index (χ4v) is 3.76. The van der Waals surface area contributed by atoms with Gasteiger partial charge in [0, 0.05) is 45.4 Å². The summed E-state index contributed by atoms with van der Waals surface area (Å²) in [6, 6.07) is 1.06. The summed E-state index contributed by atoms with van der Waals surface area (Å²) >= 11 is 0. The summed E-state index contributed by atoms with van der Waals surface area (Å²) in [5, 5.41) is 11.4. The maximum atomic E-state index is 14.6. The molecule has 0 unspecified atom stereocenters. The summed E-state index contributed by atoms with van der Waals surface area (Å²) in [6.07, 6.45) is 7.09. The Kier molecular flexibility index (Phi) is 6.01. The van der Waals surface area contributed by atoms with Crippen LogP contribution >= 0.6 is 0 Å². The number of nitrogens with one attached hydrogen (secondary N) is 1. The molecule has 1 aliphatic carbocycles. The van der Waals surface area contributed by atoms with Crippen LogP contribution in [-0.2, 0) is 11.2 Å². The molecule has 2 aliphatic rings. The van der Waals surface area contributed by atoms with Crippen molar-refractivity contribution in [3.8, 4) is 6.19 Å². The minimum Gasteiger partial charge on any atom is -0.326 e. The highest BCUT2D eigenvalue weighted by molar-refractivity contribution is 5.88. The third kappa shape index (κ3) is 5.40. The SMILES string of the molecule is CN(C#N)C(=O)[C@H](CC(F)(F)Cc1cccnc1)NC(=O)N1CCC2(CC1)CC2. The number of likely N-dealkylation sites (N-methyl/N-ethyl adjacent to an activating group) is 1. The zero-order valence-electron chi connectivity index (χ0n) is 16.4. The molecule has 3 rings (SSSR count). The normalized spacial score (nSPS) is 18.6. The van der Waals surface area contributed by atoms with Gasteiger partial charge in [-0.3, -0.25) is 14.7 Å². The van der Waals surface area contributed by atoms with Crippen LogP contribution in [0.1, 0.15) is 37.7 Å². The number of carbonyl (C=O) groups is 2. The highest BCUT2D eigenvalue weighted by atomic mass is 19.3. The van der Waals surface area contributed by atoms with Gasteiger partial charge in [-0.2, -0.15) is 5.26 Å². The molecule has 1 atom stereocenters. The quantitative estimate of drug-likeness (QED) is 0.582. The van der Waals surface area contributed by atoms with Gasteiger partial charge in [0.1, 0.15) is 6.04 Å². The molecule has 2 fully saturated rings. The van der Waals surface area contributed by atoms with Gasteiger partial charge >= 0.3 is 6.03 Å². The second-order valence-corrected chi connectivity index (χ2v) is 8.08. The second-order valence-electron chi connectivity index (χ2n) is 8.08. The van der Waals surface area contributed by atoms with Crippen molar-refractivity contribution in [2.45, 2.75) is 50.5 Å². The van der Waals surface area contributed by atoms with Crippen molar-refractivity contribution in [2.75, 3.05) is 20.1 Å². The van der Waals surface area contributed by atoms with Crippen LogP contribution in [0.15, 0.2) is 24.5 Å². The van der Waals surface area contributed by atoms with Gasteiger partial charge in [0.2, 0.25) is 0 Å². The molecule has 0 bridgehead atoms. The lowest BCUT2D eigenvalue weighted by atomic mass is 9.94. The molecule has 1 saturated heterocycles. The number of aromatic nitrogens is 1. The lowest BCUT2D eigenvalue weighted by Crippen LogP contribution is -2.54. The predicted octanol–water partition coefficient (Wildman–Crippen LogP) is 2.54. The number of nitrogens with zero attached hydrogens (tertiary/aromatic N) is 4. The number of piperidine rings is 1. The Morgan fingerprint density at radius 1 is 1.38 bits per heavy atom. The topological polar surface area (TPSA) is 89.3 Å². The third-order valence-corrected chi connectivity index (χ3v) is 5.83. The molecule has 9 heteroatoms. The first-order chi connectivity index (χ1) is 13.7. The number of hydrogen-bond acceptors (Lipinski definition) is 4. The Balaban J connectivity index is 1.66. The molecule has 1 N–H and O–H groups in total. The van der Waals surface area contributed by atoms with E-state index < -0.39 is 36.7 Å². The lowest BCUT2D eigenvalue weighted by molar-refractivity contribution is -0.132. The van der Waals surface area contributed by atoms with Crippen molar-refractivity contribution in [1.29, 1.82) is 5.26 Å². The summed E-state index contributed by atoms with van der Waals surface area (Å²) in [6.45, 7) is 1.10. The Labute approximate surface area is 168 Å². The number of amides is 3. The van der Waals surface area contributed by atoms with Crippen LogP contribution in [0.4, 0.5) is 13.6 Å². The van der Waals surface area contributed by atoms with Crippen LogP contribution in [-0.4, -0.2) is 58.8 Å². The van der Waals surface area contributed by atoms with Crippen LogP contribution in [0.5, 0.6) is 0 Å². The smallest absolute Gasteiger partial charge is 0.318 e. The molecule has 3 amide bonds. The van der Waals surface area contributed by atoms with E-state index in [9.17, 15) is 18.4 Å². The Morgan fingerprint density at radius 2 is 2.07 bits per heavy atom. The molecule has 156 valence electrons. The predicted molar refractivity (Wildman–Crippen MR) is 101 cm³/mol. The Hall–Kier alpha value is -2.76. The van der Waals surface area contributed by atoms with E-state index in [1.807, 2.05) is 0 Å². The maximum absolute atomic E-state index is 14.6. The van der Waals surface area contributed by atoms with Crippen molar-refractivity contribution >= 4 is 11.9 Å². The number of carbonyl (C=O) groups excluding carboxylic acids is 2. The molecular weight excluding hydrogens is 380 g/mol. The maximum Gasteiger partial charge on any atom is 0.318 e. The number of alkyl halides is 2. The van der Waals surface area contributed by atoms with E-state index in [0.29, 0.717) is 29.0 Å². The van der Waals surface area contributed by atoms with Gasteiger partial charge < -0.3 is 10.2 Å². The molecule has 1 saturated carbocycles. The molecule has 0 aromatic carbocycles. The third-order valence-electron chi connectivity index (χ3n) is 5.83. The van der Waals surface area contributed by atoms with Crippen LogP contribution < -0.4 is 5.32 Å². The Morgan fingerprint density at radius 3 is 2.62 bits per heavy atom. The van der Waals surface area contributed by atoms with Gasteiger partial charge in [-0.15, -0.1) is 0 Å². The summed E-state index contributed by atoms with van der Waals surface area (Å²) < 4.78 is 29.3. The molecule has 1 aliphatic heterocycles. The highest BCUT2D eigenvalue weighted by Gasteiger charge is 2.45. The average molecular weight is 405 g/mol. The van der Waals surface area contributed by atoms with E-state index in [2.05, 4.69) is 10.3 Å². The number of nitriles is 1. The van der Waals surface area contributed by atoms with E-state index in [1.165, 1.54) is 38.3 Å². The summed E-state index contributed by atoms with van der Waals surface area (Å²) in [4.78, 5) is 31.1. The van der Waals surface area contributed by atoms with Gasteiger partial charge in [0.25, 0.3) is 11.8 Å². The molecule has 7 nitrogen and oxygen atoms in total. The van der Waals surface area contributed by atoms with Gasteiger partial charge in [-0.1, -0.05) is 6.07 Å². The van der Waals surface area contributed by atoms with E-state index in [4.69, 9.17) is 5.26 Å². The zero-order chi connectivity index (χ0) is 21.1. The second kappa shape index (κ2) is 8.31. The highest BCUT2D eigenvalue weighted by Crippen LogP contribution is 2.53. The lowest BCUT2D eigenvalue weighted by Gasteiger charge is -2.34. The summed E-state index contributed by atoms with van der Waals surface area (Å²) in [5.41, 5.74) is 0.693. The average Bonchev–Trinajstić information content (AvgIpc) is 3.45. The first-order valence-electron chi connectivity index (χ1n) is 9.73. The van der Waals surface area contributed by atoms with Crippen LogP contribution in [0.3, 0.4) is 0 Å². The molecule has 1 spiro atoms. The molecule has 29 heavy (non-hydrogen) atoms. The van der Waals surface area contributed by atoms with E-state index in [1.54, 1.807) is 17.2 Å². The summed E-state index contributed by atoms with van der Waals surface area (Å²) in [7, 11) is 1.19. The minimum absolute atomic E-state index is 0.328. The largest absolute Gasteiger partial charge is 0.326 e. The van der Waals surface area contributed by atoms with Gasteiger partial charge in [0.15, 0.2) is 6.19 Å². The van der Waals surface area contributed by atoms with Crippen molar-refractivity contribution in [3.63, 3.8) is 0 Å². The number of rotatable bonds is 6. The zero-order valence-corrected chi connectivity index (χ0v) is 16.4. The Bertz CT molecular complexity index is 782. The van der Waals surface area contributed by atoms with E-state index in [0.717, 1.165) is 12.8 Å². The molecule has 2 heterocycles. The fourth-order valence-electron chi connectivity index (χ4n) is 3.76. The van der Waals surface area contributed by atoms with Gasteiger partial charge in [-0.05, 0) is 42.7 Å². The molecule has 0 radical (unpaired) electrons. The molecule has 1 aromatic heterocycles. The van der Waals surface area contributed by atoms with E-state index in [-0.39, 0.29) is 0 Å². The van der Waals surface area contributed by atoms with Gasteiger partial charge in [-0.25, -0.2) is 13.6 Å². The van der Waals surface area contributed by atoms with Gasteiger partial charge in [0.05, 0.1) is 0 Å². The minimum atomic E-state index is -3.26. The number of urea groups is 1. The standard InChI is InChI=1S/C20H25F2N5O2/c1-26(14-23)17(28)16(12-20(21,22)11-15-3-2-8-24-13-15)25-18(29)27-9-6-19(4-5-19)7-10-27/h2-3,8,13,16H,4-7,9-12H2,1H3,(H,25,29)/t16-/m0/s1.